The molecule has 8 nitrogen and oxygen atoms in total. The summed E-state index contributed by atoms with van der Waals surface area (Å²) in [6.45, 7) is 2.49. The molecule has 0 aromatic heterocycles. The summed E-state index contributed by atoms with van der Waals surface area (Å²) in [7, 11) is -7.34. The summed E-state index contributed by atoms with van der Waals surface area (Å²) in [4.78, 5) is 19.9. The average molecular weight is 493 g/mol. The second kappa shape index (κ2) is 9.17. The maximum Gasteiger partial charge on any atom is 0.219 e. The van der Waals surface area contributed by atoms with Crippen LogP contribution in [0.15, 0.2) is 70.5 Å². The van der Waals surface area contributed by atoms with Gasteiger partial charge in [0.05, 0.1) is 21.1 Å². The van der Waals surface area contributed by atoms with Gasteiger partial charge in [0.2, 0.25) is 15.7 Å². The van der Waals surface area contributed by atoms with Gasteiger partial charge in [0.15, 0.2) is 15.3 Å². The highest BCUT2D eigenvalue weighted by Gasteiger charge is 2.53. The topological polar surface area (TPSA) is 101 Å². The Morgan fingerprint density at radius 1 is 0.939 bits per heavy atom. The average Bonchev–Trinajstić information content (AvgIpc) is 3.17. The molecule has 1 unspecified atom stereocenters. The van der Waals surface area contributed by atoms with Crippen LogP contribution in [0.5, 0.6) is 0 Å². The minimum Gasteiger partial charge on any atom is -0.343 e. The number of carbonyl (C=O) groups excluding carboxylic acids is 1. The van der Waals surface area contributed by atoms with E-state index in [1.165, 1.54) is 19.1 Å². The molecule has 4 rings (SSSR count). The van der Waals surface area contributed by atoms with Gasteiger partial charge < -0.3 is 4.90 Å². The number of amides is 1. The molecule has 2 aromatic rings. The minimum absolute atomic E-state index is 0.0320. The summed E-state index contributed by atoms with van der Waals surface area (Å²) >= 11 is 0. The molecule has 178 valence electrons. The van der Waals surface area contributed by atoms with Crippen LogP contribution in [0.25, 0.3) is 0 Å². The van der Waals surface area contributed by atoms with Crippen molar-refractivity contribution in [3.63, 3.8) is 0 Å². The third-order valence-electron chi connectivity index (χ3n) is 6.54. The zero-order chi connectivity index (χ0) is 23.7. The van der Waals surface area contributed by atoms with E-state index in [1.54, 1.807) is 58.5 Å². The summed E-state index contributed by atoms with van der Waals surface area (Å²) in [6, 6.07) is 16.3. The van der Waals surface area contributed by atoms with E-state index in [2.05, 4.69) is 0 Å². The standard InChI is InChI=1S/C23H28N2O6S2/c1-19(26)24-14-12-23(13-15-24)18-22(33(29,30)21-10-6-3-7-11-21)31-25(23)16-17-32(27,28)20-8-4-2-5-9-20/h2-11,22H,12-18H2,1H3. The highest BCUT2D eigenvalue weighted by atomic mass is 32.2. The minimum atomic E-state index is -3.78. The van der Waals surface area contributed by atoms with E-state index in [0.29, 0.717) is 25.9 Å². The first-order valence-corrected chi connectivity index (χ1v) is 14.1. The first-order chi connectivity index (χ1) is 15.6. The molecule has 0 saturated carbocycles. The lowest BCUT2D eigenvalue weighted by atomic mass is 9.85. The zero-order valence-corrected chi connectivity index (χ0v) is 20.1. The molecule has 0 N–H and O–H groups in total. The van der Waals surface area contributed by atoms with E-state index in [0.717, 1.165) is 0 Å². The third-order valence-corrected chi connectivity index (χ3v) is 10.1. The molecule has 2 fully saturated rings. The third kappa shape index (κ3) is 4.84. The van der Waals surface area contributed by atoms with Crippen molar-refractivity contribution < 1.29 is 26.5 Å². The van der Waals surface area contributed by atoms with Crippen LogP contribution in [-0.4, -0.2) is 69.1 Å². The lowest BCUT2D eigenvalue weighted by Crippen LogP contribution is -2.53. The van der Waals surface area contributed by atoms with Gasteiger partial charge in [-0.05, 0) is 37.1 Å². The quantitative estimate of drug-likeness (QED) is 0.610. The summed E-state index contributed by atoms with van der Waals surface area (Å²) in [5.74, 6) is -0.233. The lowest BCUT2D eigenvalue weighted by molar-refractivity contribution is -0.180. The molecular weight excluding hydrogens is 464 g/mol. The first-order valence-electron chi connectivity index (χ1n) is 10.9. The molecule has 1 amide bonds. The number of hydrogen-bond acceptors (Lipinski definition) is 7. The number of benzene rings is 2. The van der Waals surface area contributed by atoms with E-state index in [1.807, 2.05) is 0 Å². The number of hydrogen-bond donors (Lipinski definition) is 0. The molecule has 0 radical (unpaired) electrons. The van der Waals surface area contributed by atoms with Crippen LogP contribution in [0, 0.1) is 0 Å². The molecular formula is C23H28N2O6S2. The van der Waals surface area contributed by atoms with Gasteiger partial charge in [-0.1, -0.05) is 36.4 Å². The van der Waals surface area contributed by atoms with Crippen molar-refractivity contribution in [2.75, 3.05) is 25.4 Å². The van der Waals surface area contributed by atoms with Crippen LogP contribution in [0.2, 0.25) is 0 Å². The number of rotatable bonds is 6. The van der Waals surface area contributed by atoms with Crippen LogP contribution in [0.4, 0.5) is 0 Å². The van der Waals surface area contributed by atoms with E-state index in [4.69, 9.17) is 4.84 Å². The second-order valence-electron chi connectivity index (χ2n) is 8.56. The smallest absolute Gasteiger partial charge is 0.219 e. The monoisotopic (exact) mass is 492 g/mol. The van der Waals surface area contributed by atoms with Gasteiger partial charge in [0.25, 0.3) is 0 Å². The Labute approximate surface area is 194 Å². The second-order valence-corrected chi connectivity index (χ2v) is 12.8. The Morgan fingerprint density at radius 3 is 2.03 bits per heavy atom. The van der Waals surface area contributed by atoms with Crippen molar-refractivity contribution in [1.82, 2.24) is 9.96 Å². The van der Waals surface area contributed by atoms with E-state index in [-0.39, 0.29) is 34.4 Å². The summed E-state index contributed by atoms with van der Waals surface area (Å²) in [6.07, 6.45) is 1.25. The predicted molar refractivity (Wildman–Crippen MR) is 123 cm³/mol. The Hall–Kier alpha value is -2.27. The Balaban J connectivity index is 1.58. The zero-order valence-electron chi connectivity index (χ0n) is 18.5. The molecule has 2 aliphatic heterocycles. The van der Waals surface area contributed by atoms with Crippen molar-refractivity contribution in [3.8, 4) is 0 Å². The van der Waals surface area contributed by atoms with Crippen molar-refractivity contribution in [2.24, 2.45) is 0 Å². The fraction of sp³-hybridized carbons (Fsp3) is 0.435. The number of piperidine rings is 1. The van der Waals surface area contributed by atoms with E-state index >= 15 is 0 Å². The molecule has 0 aliphatic carbocycles. The van der Waals surface area contributed by atoms with Crippen LogP contribution in [0.1, 0.15) is 26.2 Å². The molecule has 2 saturated heterocycles. The fourth-order valence-corrected chi connectivity index (χ4v) is 7.36. The molecule has 2 heterocycles. The maximum atomic E-state index is 13.3. The largest absolute Gasteiger partial charge is 0.343 e. The summed E-state index contributed by atoms with van der Waals surface area (Å²) < 4.78 is 52.2. The predicted octanol–water partition coefficient (Wildman–Crippen LogP) is 2.28. The van der Waals surface area contributed by atoms with Crippen molar-refractivity contribution in [1.29, 1.82) is 0 Å². The van der Waals surface area contributed by atoms with Gasteiger partial charge in [0.1, 0.15) is 0 Å². The normalized spacial score (nSPS) is 21.4. The molecule has 1 atom stereocenters. The van der Waals surface area contributed by atoms with Gasteiger partial charge in [-0.25, -0.2) is 16.8 Å². The van der Waals surface area contributed by atoms with Crippen LogP contribution < -0.4 is 0 Å². The van der Waals surface area contributed by atoms with Crippen LogP contribution >= 0.6 is 0 Å². The fourth-order valence-electron chi connectivity index (χ4n) is 4.56. The van der Waals surface area contributed by atoms with Crippen molar-refractivity contribution in [2.45, 2.75) is 47.0 Å². The van der Waals surface area contributed by atoms with Gasteiger partial charge in [-0.2, -0.15) is 5.06 Å². The van der Waals surface area contributed by atoms with Gasteiger partial charge in [0, 0.05) is 33.0 Å². The molecule has 10 heteroatoms. The SMILES string of the molecule is CC(=O)N1CCC2(CC1)CC(S(=O)(=O)c1ccccc1)ON2CCS(=O)(=O)c1ccccc1. The Morgan fingerprint density at radius 2 is 1.48 bits per heavy atom. The number of hydroxylamine groups is 2. The summed E-state index contributed by atoms with van der Waals surface area (Å²) in [5.41, 5.74) is -1.76. The number of nitrogens with zero attached hydrogens (tertiary/aromatic N) is 2. The van der Waals surface area contributed by atoms with Crippen LogP contribution in [-0.2, 0) is 29.3 Å². The van der Waals surface area contributed by atoms with Gasteiger partial charge >= 0.3 is 0 Å². The Bertz CT molecular complexity index is 1190. The maximum absolute atomic E-state index is 13.3. The van der Waals surface area contributed by atoms with E-state index in [9.17, 15) is 21.6 Å². The molecule has 2 aliphatic rings. The van der Waals surface area contributed by atoms with Gasteiger partial charge in [-0.15, -0.1) is 0 Å². The van der Waals surface area contributed by atoms with E-state index < -0.39 is 30.6 Å². The molecule has 33 heavy (non-hydrogen) atoms. The highest BCUT2D eigenvalue weighted by molar-refractivity contribution is 7.92. The van der Waals surface area contributed by atoms with Crippen LogP contribution in [0.3, 0.4) is 0 Å². The molecule has 1 spiro atoms. The lowest BCUT2D eigenvalue weighted by Gasteiger charge is -2.42. The molecule has 0 bridgehead atoms. The van der Waals surface area contributed by atoms with Crippen molar-refractivity contribution >= 4 is 25.6 Å². The Kier molecular flexibility index (Phi) is 6.63. The number of likely N-dealkylation sites (tertiary alicyclic amines) is 1. The van der Waals surface area contributed by atoms with Gasteiger partial charge in [-0.3, -0.25) is 9.63 Å². The summed E-state index contributed by atoms with van der Waals surface area (Å²) in [5, 5.41) is 1.57. The first kappa shape index (κ1) is 23.9. The number of sulfone groups is 2. The highest BCUT2D eigenvalue weighted by Crippen LogP contribution is 2.43. The number of carbonyl (C=O) groups is 1. The van der Waals surface area contributed by atoms with Crippen molar-refractivity contribution in [3.05, 3.63) is 60.7 Å². The molecule has 2 aromatic carbocycles.